The molecule has 0 aromatic heterocycles. The van der Waals surface area contributed by atoms with Crippen LogP contribution in [0.3, 0.4) is 0 Å². The summed E-state index contributed by atoms with van der Waals surface area (Å²) in [6, 6.07) is 6.89. The molecule has 0 spiro atoms. The van der Waals surface area contributed by atoms with Gasteiger partial charge < -0.3 is 10.2 Å². The van der Waals surface area contributed by atoms with Crippen molar-refractivity contribution < 1.29 is 14.4 Å². The van der Waals surface area contributed by atoms with Gasteiger partial charge in [0.15, 0.2) is 0 Å². The van der Waals surface area contributed by atoms with Crippen LogP contribution in [0.1, 0.15) is 40.0 Å². The van der Waals surface area contributed by atoms with Crippen LogP contribution < -0.4 is 5.32 Å². The molecule has 6 heteroatoms. The van der Waals surface area contributed by atoms with E-state index in [1.54, 1.807) is 29.2 Å². The number of hydrogen-bond acceptors (Lipinski definition) is 3. The Morgan fingerprint density at radius 2 is 1.68 bits per heavy atom. The van der Waals surface area contributed by atoms with Gasteiger partial charge in [-0.2, -0.15) is 0 Å². The van der Waals surface area contributed by atoms with Crippen molar-refractivity contribution in [3.05, 3.63) is 35.4 Å². The van der Waals surface area contributed by atoms with Gasteiger partial charge in [-0.1, -0.05) is 12.1 Å². The van der Waals surface area contributed by atoms with Crippen LogP contribution in [0.4, 0.5) is 4.79 Å². The Balaban J connectivity index is 1.48. The predicted octanol–water partition coefficient (Wildman–Crippen LogP) is 1.23. The van der Waals surface area contributed by atoms with Gasteiger partial charge in [0.2, 0.25) is 0 Å². The summed E-state index contributed by atoms with van der Waals surface area (Å²) in [6.45, 7) is 1.00. The van der Waals surface area contributed by atoms with Crippen molar-refractivity contribution in [2.45, 2.75) is 31.3 Å². The number of nitrogens with zero attached hydrogens (tertiary/aromatic N) is 2. The van der Waals surface area contributed by atoms with Gasteiger partial charge in [0.1, 0.15) is 0 Å². The quantitative estimate of drug-likeness (QED) is 0.835. The van der Waals surface area contributed by atoms with Gasteiger partial charge in [0, 0.05) is 19.1 Å². The molecule has 2 heterocycles. The summed E-state index contributed by atoms with van der Waals surface area (Å²) >= 11 is 0. The lowest BCUT2D eigenvalue weighted by atomic mass is 10.1. The predicted molar refractivity (Wildman–Crippen MR) is 78.5 cm³/mol. The van der Waals surface area contributed by atoms with Gasteiger partial charge in [-0.3, -0.25) is 14.5 Å². The third-order valence-corrected chi connectivity index (χ3v) is 4.55. The Bertz CT molecular complexity index is 633. The summed E-state index contributed by atoms with van der Waals surface area (Å²) in [4.78, 5) is 40.0. The fraction of sp³-hybridized carbons (Fsp3) is 0.438. The zero-order valence-electron chi connectivity index (χ0n) is 12.1. The summed E-state index contributed by atoms with van der Waals surface area (Å²) in [5.74, 6) is -0.481. The van der Waals surface area contributed by atoms with Crippen molar-refractivity contribution in [3.8, 4) is 0 Å². The number of amides is 4. The third-order valence-electron chi connectivity index (χ3n) is 4.55. The number of likely N-dealkylation sites (tertiary alicyclic amines) is 1. The highest BCUT2D eigenvalue weighted by atomic mass is 16.2. The molecule has 6 nitrogen and oxygen atoms in total. The summed E-state index contributed by atoms with van der Waals surface area (Å²) in [7, 11) is 0. The maximum absolute atomic E-state index is 12.4. The molecule has 4 amide bonds. The molecule has 22 heavy (non-hydrogen) atoms. The lowest BCUT2D eigenvalue weighted by molar-refractivity contribution is 0.0590. The number of carbonyl (C=O) groups is 3. The normalized spacial score (nSPS) is 23.9. The molecule has 3 aliphatic rings. The van der Waals surface area contributed by atoms with Crippen LogP contribution in [0, 0.1) is 0 Å². The van der Waals surface area contributed by atoms with Gasteiger partial charge in [-0.05, 0) is 31.4 Å². The van der Waals surface area contributed by atoms with E-state index in [0.29, 0.717) is 36.7 Å². The Hall–Kier alpha value is -2.37. The highest BCUT2D eigenvalue weighted by molar-refractivity contribution is 6.21. The van der Waals surface area contributed by atoms with Gasteiger partial charge in [0.05, 0.1) is 17.2 Å². The summed E-state index contributed by atoms with van der Waals surface area (Å²) in [5.41, 5.74) is 0.932. The molecule has 0 bridgehead atoms. The number of rotatable bonds is 2. The van der Waals surface area contributed by atoms with Crippen molar-refractivity contribution >= 4 is 17.8 Å². The van der Waals surface area contributed by atoms with E-state index in [1.807, 2.05) is 0 Å². The number of nitrogens with one attached hydrogen (secondary N) is 1. The highest BCUT2D eigenvalue weighted by Crippen LogP contribution is 2.28. The maximum atomic E-state index is 12.4. The number of benzene rings is 1. The SMILES string of the molecule is O=C(NC1CC1)N1CCC(N2C(=O)c3ccccc3C2=O)C1. The number of urea groups is 1. The standard InChI is InChI=1S/C16H17N3O3/c20-14-12-3-1-2-4-13(12)15(21)19(14)11-7-8-18(9-11)16(22)17-10-5-6-10/h1-4,10-11H,5-9H2,(H,17,22). The zero-order chi connectivity index (χ0) is 15.3. The number of imide groups is 1. The van der Waals surface area contributed by atoms with Crippen LogP contribution >= 0.6 is 0 Å². The highest BCUT2D eigenvalue weighted by Gasteiger charge is 2.43. The fourth-order valence-corrected chi connectivity index (χ4v) is 3.17. The van der Waals surface area contributed by atoms with Crippen LogP contribution in [-0.4, -0.2) is 52.8 Å². The van der Waals surface area contributed by atoms with E-state index in [9.17, 15) is 14.4 Å². The topological polar surface area (TPSA) is 69.7 Å². The molecule has 1 atom stereocenters. The Labute approximate surface area is 128 Å². The Morgan fingerprint density at radius 1 is 1.05 bits per heavy atom. The van der Waals surface area contributed by atoms with E-state index < -0.39 is 0 Å². The van der Waals surface area contributed by atoms with Crippen molar-refractivity contribution in [1.29, 1.82) is 0 Å². The molecule has 1 N–H and O–H groups in total. The molecule has 1 unspecified atom stereocenters. The van der Waals surface area contributed by atoms with Gasteiger partial charge in [0.25, 0.3) is 11.8 Å². The summed E-state index contributed by atoms with van der Waals surface area (Å²) in [6.07, 6.45) is 2.73. The summed E-state index contributed by atoms with van der Waals surface area (Å²) in [5, 5.41) is 2.95. The first kappa shape index (κ1) is 13.3. The Kier molecular flexibility index (Phi) is 2.92. The van der Waals surface area contributed by atoms with E-state index in [0.717, 1.165) is 12.8 Å². The fourth-order valence-electron chi connectivity index (χ4n) is 3.17. The van der Waals surface area contributed by atoms with E-state index in [-0.39, 0.29) is 23.9 Å². The van der Waals surface area contributed by atoms with E-state index in [1.165, 1.54) is 4.90 Å². The van der Waals surface area contributed by atoms with Crippen LogP contribution in [0.2, 0.25) is 0 Å². The van der Waals surface area contributed by atoms with Crippen LogP contribution in [-0.2, 0) is 0 Å². The average Bonchev–Trinajstić information content (AvgIpc) is 3.13. The summed E-state index contributed by atoms with van der Waals surface area (Å²) < 4.78 is 0. The lowest BCUT2D eigenvalue weighted by Crippen LogP contribution is -2.44. The van der Waals surface area contributed by atoms with Crippen LogP contribution in [0.25, 0.3) is 0 Å². The second kappa shape index (κ2) is 4.83. The van der Waals surface area contributed by atoms with E-state index in [4.69, 9.17) is 0 Å². The lowest BCUT2D eigenvalue weighted by Gasteiger charge is -2.22. The second-order valence-electron chi connectivity index (χ2n) is 6.14. The minimum absolute atomic E-state index is 0.0818. The molecular formula is C16H17N3O3. The minimum Gasteiger partial charge on any atom is -0.335 e. The monoisotopic (exact) mass is 299 g/mol. The smallest absolute Gasteiger partial charge is 0.317 e. The number of fused-ring (bicyclic) bond motifs is 1. The van der Waals surface area contributed by atoms with E-state index in [2.05, 4.69) is 5.32 Å². The van der Waals surface area contributed by atoms with Crippen molar-refractivity contribution in [1.82, 2.24) is 15.1 Å². The molecule has 0 radical (unpaired) electrons. The van der Waals surface area contributed by atoms with Crippen molar-refractivity contribution in [2.24, 2.45) is 0 Å². The molecular weight excluding hydrogens is 282 g/mol. The first-order valence-corrected chi connectivity index (χ1v) is 7.67. The first-order valence-electron chi connectivity index (χ1n) is 7.67. The van der Waals surface area contributed by atoms with Gasteiger partial charge >= 0.3 is 6.03 Å². The van der Waals surface area contributed by atoms with E-state index >= 15 is 0 Å². The molecule has 1 aliphatic carbocycles. The van der Waals surface area contributed by atoms with Gasteiger partial charge in [-0.15, -0.1) is 0 Å². The zero-order valence-corrected chi connectivity index (χ0v) is 12.1. The largest absolute Gasteiger partial charge is 0.335 e. The molecule has 1 aromatic rings. The van der Waals surface area contributed by atoms with Crippen LogP contribution in [0.5, 0.6) is 0 Å². The van der Waals surface area contributed by atoms with Crippen LogP contribution in [0.15, 0.2) is 24.3 Å². The Morgan fingerprint density at radius 3 is 2.27 bits per heavy atom. The third kappa shape index (κ3) is 2.06. The van der Waals surface area contributed by atoms with Crippen molar-refractivity contribution in [3.63, 3.8) is 0 Å². The average molecular weight is 299 g/mol. The molecule has 4 rings (SSSR count). The maximum Gasteiger partial charge on any atom is 0.317 e. The molecule has 1 saturated carbocycles. The second-order valence-corrected chi connectivity index (χ2v) is 6.14. The molecule has 114 valence electrons. The molecule has 1 saturated heterocycles. The number of hydrogen-bond donors (Lipinski definition) is 1. The minimum atomic E-state index is -0.241. The van der Waals surface area contributed by atoms with Crippen molar-refractivity contribution in [2.75, 3.05) is 13.1 Å². The number of carbonyl (C=O) groups excluding carboxylic acids is 3. The molecule has 1 aromatic carbocycles. The van der Waals surface area contributed by atoms with Gasteiger partial charge in [-0.25, -0.2) is 4.79 Å². The molecule has 2 fully saturated rings. The first-order chi connectivity index (χ1) is 10.6. The molecule has 2 aliphatic heterocycles.